The first-order valence-electron chi connectivity index (χ1n) is 4.81. The smallest absolute Gasteiger partial charge is 0.302 e. The molecule has 0 saturated carbocycles. The quantitative estimate of drug-likeness (QED) is 0.376. The molecule has 84 valence electrons. The zero-order chi connectivity index (χ0) is 11.0. The predicted molar refractivity (Wildman–Crippen MR) is 55.9 cm³/mol. The summed E-state index contributed by atoms with van der Waals surface area (Å²) in [6, 6.07) is 0. The van der Waals surface area contributed by atoms with Crippen LogP contribution in [0.5, 0.6) is 0 Å². The molecule has 0 spiro atoms. The summed E-state index contributed by atoms with van der Waals surface area (Å²) >= 11 is 0. The molecule has 0 N–H and O–H groups in total. The van der Waals surface area contributed by atoms with E-state index in [1.807, 2.05) is 13.8 Å². The fourth-order valence-corrected chi connectivity index (χ4v) is 1.86. The fraction of sp³-hybridized carbons (Fsp3) is 0.889. The van der Waals surface area contributed by atoms with Crippen molar-refractivity contribution in [3.05, 3.63) is 0 Å². The largest absolute Gasteiger partial charge is 0.466 e. The molecule has 0 bridgehead atoms. The molecule has 0 aliphatic heterocycles. The summed E-state index contributed by atoms with van der Waals surface area (Å²) in [5.41, 5.74) is 0. The van der Waals surface area contributed by atoms with E-state index in [9.17, 15) is 9.36 Å². The minimum atomic E-state index is -1.92. The molecule has 0 aliphatic carbocycles. The third-order valence-electron chi connectivity index (χ3n) is 1.41. The molecule has 0 fully saturated rings. The van der Waals surface area contributed by atoms with E-state index in [1.165, 1.54) is 6.92 Å². The first-order valence-corrected chi connectivity index (χ1v) is 6.33. The average Bonchev–Trinajstić information content (AvgIpc) is 2.08. The summed E-state index contributed by atoms with van der Waals surface area (Å²) in [6.07, 6.45) is 1.10. The summed E-state index contributed by atoms with van der Waals surface area (Å²) < 4.78 is 21.0. The van der Waals surface area contributed by atoms with Gasteiger partial charge in [-0.25, -0.2) is 0 Å². The number of ether oxygens (including phenoxy) is 1. The van der Waals surface area contributed by atoms with Gasteiger partial charge in [-0.05, 0) is 12.3 Å². The van der Waals surface area contributed by atoms with E-state index < -0.39 is 8.03 Å². The Balaban J connectivity index is 3.31. The third kappa shape index (κ3) is 9.75. The number of hydrogen-bond acceptors (Lipinski definition) is 4. The van der Waals surface area contributed by atoms with Gasteiger partial charge in [-0.3, -0.25) is 9.36 Å². The highest BCUT2D eigenvalue weighted by Gasteiger charge is 2.02. The van der Waals surface area contributed by atoms with E-state index in [0.717, 1.165) is 0 Å². The fourth-order valence-electron chi connectivity index (χ4n) is 0.764. The Hall–Kier alpha value is -0.340. The lowest BCUT2D eigenvalue weighted by Crippen LogP contribution is -2.02. The number of carbonyl (C=O) groups is 1. The SMILES string of the molecule is CC(=O)OCCC[PH](=O)OCC(C)C. The van der Waals surface area contributed by atoms with Crippen molar-refractivity contribution in [2.45, 2.75) is 27.2 Å². The van der Waals surface area contributed by atoms with Gasteiger partial charge in [0, 0.05) is 13.1 Å². The maximum atomic E-state index is 11.2. The molecular formula is C9H19O4P. The van der Waals surface area contributed by atoms with Crippen molar-refractivity contribution in [3.63, 3.8) is 0 Å². The highest BCUT2D eigenvalue weighted by atomic mass is 31.1. The predicted octanol–water partition coefficient (Wildman–Crippen LogP) is 2.09. The highest BCUT2D eigenvalue weighted by Crippen LogP contribution is 2.23. The Kier molecular flexibility index (Phi) is 7.81. The number of rotatable bonds is 7. The van der Waals surface area contributed by atoms with Gasteiger partial charge >= 0.3 is 5.97 Å². The first kappa shape index (κ1) is 13.7. The molecule has 14 heavy (non-hydrogen) atoms. The molecule has 0 aromatic heterocycles. The van der Waals surface area contributed by atoms with Crippen molar-refractivity contribution in [2.75, 3.05) is 19.4 Å². The molecule has 0 aromatic carbocycles. The Morgan fingerprint density at radius 1 is 1.43 bits per heavy atom. The monoisotopic (exact) mass is 222 g/mol. The van der Waals surface area contributed by atoms with Crippen molar-refractivity contribution in [1.29, 1.82) is 0 Å². The first-order chi connectivity index (χ1) is 6.52. The Bertz CT molecular complexity index is 191. The Morgan fingerprint density at radius 3 is 2.57 bits per heavy atom. The van der Waals surface area contributed by atoms with Crippen molar-refractivity contribution >= 4 is 14.0 Å². The molecule has 0 radical (unpaired) electrons. The van der Waals surface area contributed by atoms with Crippen LogP contribution in [-0.2, 0) is 18.6 Å². The van der Waals surface area contributed by atoms with Crippen LogP contribution in [-0.4, -0.2) is 25.3 Å². The zero-order valence-corrected chi connectivity index (χ0v) is 10.0. The number of hydrogen-bond donors (Lipinski definition) is 0. The molecule has 0 saturated heterocycles. The lowest BCUT2D eigenvalue weighted by Gasteiger charge is -2.06. The van der Waals surface area contributed by atoms with E-state index in [4.69, 9.17) is 9.26 Å². The van der Waals surface area contributed by atoms with Crippen molar-refractivity contribution < 1.29 is 18.6 Å². The summed E-state index contributed by atoms with van der Waals surface area (Å²) in [4.78, 5) is 10.4. The average molecular weight is 222 g/mol. The second-order valence-electron chi connectivity index (χ2n) is 3.52. The molecule has 4 nitrogen and oxygen atoms in total. The lowest BCUT2D eigenvalue weighted by molar-refractivity contribution is -0.140. The Morgan fingerprint density at radius 2 is 2.07 bits per heavy atom. The van der Waals surface area contributed by atoms with Crippen LogP contribution in [0.25, 0.3) is 0 Å². The molecule has 0 aromatic rings. The molecule has 5 heteroatoms. The van der Waals surface area contributed by atoms with Crippen LogP contribution in [0.2, 0.25) is 0 Å². The van der Waals surface area contributed by atoms with Gasteiger partial charge in [0.05, 0.1) is 13.2 Å². The number of carbonyl (C=O) groups excluding carboxylic acids is 1. The van der Waals surface area contributed by atoms with Crippen LogP contribution in [0.4, 0.5) is 0 Å². The molecule has 1 atom stereocenters. The normalized spacial score (nSPS) is 12.9. The molecule has 0 amide bonds. The van der Waals surface area contributed by atoms with Gasteiger partial charge in [0.1, 0.15) is 0 Å². The van der Waals surface area contributed by atoms with Crippen molar-refractivity contribution in [3.8, 4) is 0 Å². The molecule has 0 heterocycles. The minimum Gasteiger partial charge on any atom is -0.466 e. The van der Waals surface area contributed by atoms with Gasteiger partial charge in [0.15, 0.2) is 8.03 Å². The van der Waals surface area contributed by atoms with Crippen LogP contribution in [0.3, 0.4) is 0 Å². The number of esters is 1. The zero-order valence-electron chi connectivity index (χ0n) is 9.04. The van der Waals surface area contributed by atoms with Gasteiger partial charge in [0.25, 0.3) is 0 Å². The van der Waals surface area contributed by atoms with E-state index in [-0.39, 0.29) is 5.97 Å². The maximum absolute atomic E-state index is 11.2. The Labute approximate surface area is 85.8 Å². The standard InChI is InChI=1S/C9H19O4P/c1-8(2)7-13-14(11)6-4-5-12-9(3)10/h8,14H,4-7H2,1-3H3. The van der Waals surface area contributed by atoms with E-state index in [0.29, 0.717) is 31.7 Å². The second kappa shape index (κ2) is 8.01. The van der Waals surface area contributed by atoms with Crippen molar-refractivity contribution in [1.82, 2.24) is 0 Å². The topological polar surface area (TPSA) is 52.6 Å². The van der Waals surface area contributed by atoms with E-state index >= 15 is 0 Å². The summed E-state index contributed by atoms with van der Waals surface area (Å²) in [7, 11) is -1.92. The van der Waals surface area contributed by atoms with Crippen LogP contribution < -0.4 is 0 Å². The molecular weight excluding hydrogens is 203 g/mol. The molecule has 0 aliphatic rings. The molecule has 0 rings (SSSR count). The van der Waals surface area contributed by atoms with Gasteiger partial charge < -0.3 is 9.26 Å². The lowest BCUT2D eigenvalue weighted by atomic mass is 10.2. The summed E-state index contributed by atoms with van der Waals surface area (Å²) in [6.45, 7) is 6.24. The van der Waals surface area contributed by atoms with Gasteiger partial charge in [-0.1, -0.05) is 13.8 Å². The van der Waals surface area contributed by atoms with Crippen LogP contribution in [0, 0.1) is 5.92 Å². The highest BCUT2D eigenvalue weighted by molar-refractivity contribution is 7.39. The van der Waals surface area contributed by atoms with Gasteiger partial charge in [-0.15, -0.1) is 0 Å². The van der Waals surface area contributed by atoms with Gasteiger partial charge in [-0.2, -0.15) is 0 Å². The van der Waals surface area contributed by atoms with Crippen molar-refractivity contribution in [2.24, 2.45) is 5.92 Å². The summed E-state index contributed by atoms with van der Waals surface area (Å²) in [5.74, 6) is 0.102. The maximum Gasteiger partial charge on any atom is 0.302 e. The molecule has 1 unspecified atom stereocenters. The third-order valence-corrected chi connectivity index (χ3v) is 2.66. The minimum absolute atomic E-state index is 0.298. The van der Waals surface area contributed by atoms with Crippen LogP contribution in [0.15, 0.2) is 0 Å². The van der Waals surface area contributed by atoms with E-state index in [2.05, 4.69) is 0 Å². The summed E-state index contributed by atoms with van der Waals surface area (Å²) in [5, 5.41) is 0. The van der Waals surface area contributed by atoms with Crippen LogP contribution >= 0.6 is 8.03 Å². The second-order valence-corrected chi connectivity index (χ2v) is 5.05. The van der Waals surface area contributed by atoms with Crippen LogP contribution in [0.1, 0.15) is 27.2 Å². The van der Waals surface area contributed by atoms with E-state index in [1.54, 1.807) is 0 Å². The van der Waals surface area contributed by atoms with Gasteiger partial charge in [0.2, 0.25) is 0 Å².